The summed E-state index contributed by atoms with van der Waals surface area (Å²) >= 11 is 5.79. The largest absolute Gasteiger partial charge is 0.327 e. The predicted octanol–water partition coefficient (Wildman–Crippen LogP) is 2.32. The van der Waals surface area contributed by atoms with Gasteiger partial charge < -0.3 is 4.98 Å². The summed E-state index contributed by atoms with van der Waals surface area (Å²) in [6.07, 6.45) is 1.39. The number of pyridine rings is 1. The van der Waals surface area contributed by atoms with Crippen molar-refractivity contribution < 1.29 is 4.39 Å². The van der Waals surface area contributed by atoms with E-state index < -0.39 is 5.82 Å². The van der Waals surface area contributed by atoms with Gasteiger partial charge >= 0.3 is 0 Å². The highest BCUT2D eigenvalue weighted by molar-refractivity contribution is 6.35. The Morgan fingerprint density at radius 1 is 1.31 bits per heavy atom. The molecule has 13 heavy (non-hydrogen) atoms. The second kappa shape index (κ2) is 2.85. The first kappa shape index (κ1) is 8.26. The molecule has 4 heteroatoms. The van der Waals surface area contributed by atoms with Crippen molar-refractivity contribution in [2.75, 3.05) is 0 Å². The van der Waals surface area contributed by atoms with E-state index in [1.54, 1.807) is 0 Å². The minimum atomic E-state index is -0.444. The van der Waals surface area contributed by atoms with Crippen LogP contribution < -0.4 is 5.56 Å². The van der Waals surface area contributed by atoms with E-state index in [2.05, 4.69) is 4.98 Å². The predicted molar refractivity (Wildman–Crippen MR) is 49.5 cm³/mol. The zero-order valence-electron chi connectivity index (χ0n) is 6.47. The molecule has 0 aliphatic rings. The smallest absolute Gasteiger partial charge is 0.256 e. The third-order valence-corrected chi connectivity index (χ3v) is 2.13. The van der Waals surface area contributed by atoms with Gasteiger partial charge in [-0.05, 0) is 18.2 Å². The zero-order chi connectivity index (χ0) is 9.42. The molecule has 0 aliphatic heterocycles. The van der Waals surface area contributed by atoms with Crippen LogP contribution in [0.25, 0.3) is 10.8 Å². The fourth-order valence-electron chi connectivity index (χ4n) is 1.20. The first-order valence-electron chi connectivity index (χ1n) is 3.65. The highest BCUT2D eigenvalue weighted by Crippen LogP contribution is 2.19. The maximum absolute atomic E-state index is 12.8. The van der Waals surface area contributed by atoms with E-state index in [0.29, 0.717) is 10.4 Å². The molecule has 1 N–H and O–H groups in total. The summed E-state index contributed by atoms with van der Waals surface area (Å²) in [5.41, 5.74) is -0.334. The van der Waals surface area contributed by atoms with Gasteiger partial charge in [-0.25, -0.2) is 4.39 Å². The molecule has 2 rings (SSSR count). The van der Waals surface area contributed by atoms with Crippen LogP contribution in [0.2, 0.25) is 5.02 Å². The summed E-state index contributed by atoms with van der Waals surface area (Å²) in [6.45, 7) is 0. The quantitative estimate of drug-likeness (QED) is 0.691. The number of fused-ring (bicyclic) bond motifs is 1. The van der Waals surface area contributed by atoms with Crippen molar-refractivity contribution in [2.45, 2.75) is 0 Å². The number of rotatable bonds is 0. The van der Waals surface area contributed by atoms with Crippen molar-refractivity contribution in [3.05, 3.63) is 45.6 Å². The number of nitrogens with one attached hydrogen (secondary N) is 1. The summed E-state index contributed by atoms with van der Waals surface area (Å²) in [4.78, 5) is 13.6. The molecule has 0 atom stereocenters. The molecule has 0 saturated heterocycles. The molecule has 0 fully saturated rings. The SMILES string of the molecule is O=c1[nH]cc(Cl)c2ccc(F)cc12. The topological polar surface area (TPSA) is 32.9 Å². The fraction of sp³-hybridized carbons (Fsp3) is 0. The van der Waals surface area contributed by atoms with E-state index in [9.17, 15) is 9.18 Å². The number of benzene rings is 1. The van der Waals surface area contributed by atoms with Crippen LogP contribution in [-0.4, -0.2) is 4.98 Å². The van der Waals surface area contributed by atoms with Gasteiger partial charge in [0, 0.05) is 11.6 Å². The zero-order valence-corrected chi connectivity index (χ0v) is 7.23. The molecule has 0 spiro atoms. The van der Waals surface area contributed by atoms with E-state index in [-0.39, 0.29) is 10.9 Å². The number of H-pyrrole nitrogens is 1. The first-order valence-corrected chi connectivity index (χ1v) is 4.03. The number of hydrogen-bond acceptors (Lipinski definition) is 1. The van der Waals surface area contributed by atoms with Crippen LogP contribution in [0.5, 0.6) is 0 Å². The van der Waals surface area contributed by atoms with E-state index in [0.717, 1.165) is 0 Å². The van der Waals surface area contributed by atoms with Gasteiger partial charge in [-0.3, -0.25) is 4.79 Å². The Bertz CT molecular complexity index is 520. The molecule has 0 aliphatic carbocycles. The molecule has 0 amide bonds. The molecular formula is C9H5ClFNO. The van der Waals surface area contributed by atoms with Gasteiger partial charge in [-0.1, -0.05) is 11.6 Å². The molecule has 66 valence electrons. The van der Waals surface area contributed by atoms with E-state index >= 15 is 0 Å². The molecule has 0 radical (unpaired) electrons. The van der Waals surface area contributed by atoms with Crippen LogP contribution >= 0.6 is 11.6 Å². The molecule has 0 saturated carbocycles. The van der Waals surface area contributed by atoms with Crippen molar-refractivity contribution >= 4 is 22.4 Å². The second-order valence-electron chi connectivity index (χ2n) is 2.66. The van der Waals surface area contributed by atoms with E-state index in [1.807, 2.05) is 0 Å². The van der Waals surface area contributed by atoms with Gasteiger partial charge in [0.15, 0.2) is 0 Å². The summed E-state index contributed by atoms with van der Waals surface area (Å²) < 4.78 is 12.8. The van der Waals surface area contributed by atoms with Gasteiger partial charge in [0.2, 0.25) is 0 Å². The fourth-order valence-corrected chi connectivity index (χ4v) is 1.42. The number of halogens is 2. The molecular weight excluding hydrogens is 193 g/mol. The van der Waals surface area contributed by atoms with Crippen LogP contribution in [0, 0.1) is 5.82 Å². The maximum Gasteiger partial charge on any atom is 0.256 e. The van der Waals surface area contributed by atoms with Crippen molar-refractivity contribution in [3.63, 3.8) is 0 Å². The van der Waals surface area contributed by atoms with Crippen LogP contribution in [-0.2, 0) is 0 Å². The molecule has 1 aromatic heterocycles. The summed E-state index contributed by atoms with van der Waals surface area (Å²) in [5.74, 6) is -0.444. The van der Waals surface area contributed by atoms with Gasteiger partial charge in [-0.2, -0.15) is 0 Å². The van der Waals surface area contributed by atoms with Crippen molar-refractivity contribution in [2.24, 2.45) is 0 Å². The molecule has 0 bridgehead atoms. The Morgan fingerprint density at radius 3 is 2.85 bits per heavy atom. The summed E-state index contributed by atoms with van der Waals surface area (Å²) in [6, 6.07) is 3.93. The molecule has 1 heterocycles. The lowest BCUT2D eigenvalue weighted by Gasteiger charge is -1.98. The Hall–Kier alpha value is -1.35. The lowest BCUT2D eigenvalue weighted by atomic mass is 10.2. The average molecular weight is 198 g/mol. The Labute approximate surface area is 78.0 Å². The van der Waals surface area contributed by atoms with Gasteiger partial charge in [0.1, 0.15) is 5.82 Å². The third kappa shape index (κ3) is 1.31. The molecule has 1 aromatic carbocycles. The molecule has 2 nitrogen and oxygen atoms in total. The Kier molecular flexibility index (Phi) is 1.81. The van der Waals surface area contributed by atoms with Crippen molar-refractivity contribution in [1.29, 1.82) is 0 Å². The molecule has 2 aromatic rings. The lowest BCUT2D eigenvalue weighted by Crippen LogP contribution is -2.05. The van der Waals surface area contributed by atoms with Crippen LogP contribution in [0.3, 0.4) is 0 Å². The number of hydrogen-bond donors (Lipinski definition) is 1. The van der Waals surface area contributed by atoms with Crippen molar-refractivity contribution in [3.8, 4) is 0 Å². The maximum atomic E-state index is 12.8. The highest BCUT2D eigenvalue weighted by atomic mass is 35.5. The summed E-state index contributed by atoms with van der Waals surface area (Å²) in [7, 11) is 0. The van der Waals surface area contributed by atoms with Gasteiger partial charge in [0.05, 0.1) is 10.4 Å². The normalized spacial score (nSPS) is 10.6. The minimum Gasteiger partial charge on any atom is -0.327 e. The average Bonchev–Trinajstić information content (AvgIpc) is 2.12. The highest BCUT2D eigenvalue weighted by Gasteiger charge is 2.03. The first-order chi connectivity index (χ1) is 6.18. The van der Waals surface area contributed by atoms with Crippen molar-refractivity contribution in [1.82, 2.24) is 4.98 Å². The Morgan fingerprint density at radius 2 is 2.08 bits per heavy atom. The lowest BCUT2D eigenvalue weighted by molar-refractivity contribution is 0.629. The summed E-state index contributed by atoms with van der Waals surface area (Å²) in [5, 5.41) is 1.24. The second-order valence-corrected chi connectivity index (χ2v) is 3.06. The monoisotopic (exact) mass is 197 g/mol. The standard InChI is InChI=1S/C9H5ClFNO/c10-8-4-12-9(13)7-3-5(11)1-2-6(7)8/h1-4H,(H,12,13). The van der Waals surface area contributed by atoms with Gasteiger partial charge in [-0.15, -0.1) is 0 Å². The van der Waals surface area contributed by atoms with Gasteiger partial charge in [0.25, 0.3) is 5.56 Å². The third-order valence-electron chi connectivity index (χ3n) is 1.81. The van der Waals surface area contributed by atoms with Crippen LogP contribution in [0.4, 0.5) is 4.39 Å². The Balaban J connectivity index is 3.01. The minimum absolute atomic E-state index is 0.271. The van der Waals surface area contributed by atoms with Crippen LogP contribution in [0.1, 0.15) is 0 Å². The van der Waals surface area contributed by atoms with Crippen LogP contribution in [0.15, 0.2) is 29.2 Å². The number of aromatic nitrogens is 1. The molecule has 0 unspecified atom stereocenters. The number of aromatic amines is 1. The van der Waals surface area contributed by atoms with E-state index in [4.69, 9.17) is 11.6 Å². The van der Waals surface area contributed by atoms with E-state index in [1.165, 1.54) is 24.4 Å².